The van der Waals surface area contributed by atoms with Crippen LogP contribution < -0.4 is 4.74 Å². The Labute approximate surface area is 122 Å². The Bertz CT molecular complexity index is 633. The van der Waals surface area contributed by atoms with E-state index in [2.05, 4.69) is 10.3 Å². The van der Waals surface area contributed by atoms with Gasteiger partial charge in [-0.05, 0) is 43.7 Å². The second kappa shape index (κ2) is 5.96. The van der Waals surface area contributed by atoms with Gasteiger partial charge < -0.3 is 9.94 Å². The molecular weight excluding hydrogens is 278 g/mol. The first-order valence-corrected chi connectivity index (χ1v) is 6.50. The highest BCUT2D eigenvalue weighted by Crippen LogP contribution is 2.21. The maximum atomic E-state index is 8.71. The number of hydrogen-bond donors (Lipinski definition) is 1. The van der Waals surface area contributed by atoms with E-state index >= 15 is 0 Å². The van der Waals surface area contributed by atoms with Gasteiger partial charge in [-0.25, -0.2) is 0 Å². The Morgan fingerprint density at radius 1 is 1.40 bits per heavy atom. The minimum Gasteiger partial charge on any atom is -0.489 e. The van der Waals surface area contributed by atoms with Gasteiger partial charge in [0, 0.05) is 12.6 Å². The highest BCUT2D eigenvalue weighted by Gasteiger charge is 2.11. The van der Waals surface area contributed by atoms with Gasteiger partial charge in [0.1, 0.15) is 17.5 Å². The minimum atomic E-state index is 0.366. The van der Waals surface area contributed by atoms with Crippen LogP contribution in [0, 0.1) is 6.92 Å². The van der Waals surface area contributed by atoms with E-state index in [-0.39, 0.29) is 0 Å². The molecule has 2 aromatic rings. The Kier molecular flexibility index (Phi) is 4.29. The molecule has 0 fully saturated rings. The molecule has 0 saturated carbocycles. The zero-order valence-corrected chi connectivity index (χ0v) is 12.3. The van der Waals surface area contributed by atoms with Crippen molar-refractivity contribution in [3.05, 3.63) is 46.2 Å². The van der Waals surface area contributed by atoms with E-state index < -0.39 is 0 Å². The number of rotatable bonds is 4. The first-order chi connectivity index (χ1) is 9.52. The predicted molar refractivity (Wildman–Crippen MR) is 77.7 cm³/mol. The Balaban J connectivity index is 2.08. The SMILES string of the molecule is C/C(=N/O)c1ccc(OCc2c(C)nn(C)c2Cl)cc1. The third kappa shape index (κ3) is 2.93. The fourth-order valence-corrected chi connectivity index (χ4v) is 2.07. The topological polar surface area (TPSA) is 59.6 Å². The number of halogens is 1. The third-order valence-electron chi connectivity index (χ3n) is 3.08. The number of benzene rings is 1. The zero-order valence-electron chi connectivity index (χ0n) is 11.6. The molecule has 0 spiro atoms. The molecule has 106 valence electrons. The first kappa shape index (κ1) is 14.4. The molecule has 5 nitrogen and oxygen atoms in total. The van der Waals surface area contributed by atoms with Crippen molar-refractivity contribution in [3.63, 3.8) is 0 Å². The van der Waals surface area contributed by atoms with Crippen LogP contribution in [0.2, 0.25) is 5.15 Å². The maximum absolute atomic E-state index is 8.71. The molecule has 0 saturated heterocycles. The van der Waals surface area contributed by atoms with Crippen molar-refractivity contribution in [2.24, 2.45) is 12.2 Å². The quantitative estimate of drug-likeness (QED) is 0.535. The Morgan fingerprint density at radius 2 is 2.05 bits per heavy atom. The lowest BCUT2D eigenvalue weighted by atomic mass is 10.1. The molecule has 1 heterocycles. The lowest BCUT2D eigenvalue weighted by Crippen LogP contribution is -1.98. The van der Waals surface area contributed by atoms with Gasteiger partial charge in [-0.1, -0.05) is 16.8 Å². The molecule has 0 amide bonds. The van der Waals surface area contributed by atoms with E-state index in [9.17, 15) is 0 Å². The summed E-state index contributed by atoms with van der Waals surface area (Å²) in [5.74, 6) is 0.721. The van der Waals surface area contributed by atoms with Gasteiger partial charge in [0.05, 0.1) is 11.4 Å². The van der Waals surface area contributed by atoms with Gasteiger partial charge in [-0.2, -0.15) is 5.10 Å². The predicted octanol–water partition coefficient (Wildman–Crippen LogP) is 3.16. The maximum Gasteiger partial charge on any atom is 0.133 e. The van der Waals surface area contributed by atoms with Crippen LogP contribution in [-0.4, -0.2) is 20.7 Å². The van der Waals surface area contributed by atoms with Crippen molar-refractivity contribution in [2.45, 2.75) is 20.5 Å². The molecular formula is C14H16ClN3O2. The summed E-state index contributed by atoms with van der Waals surface area (Å²) in [6.45, 7) is 3.99. The second-order valence-corrected chi connectivity index (χ2v) is 4.83. The van der Waals surface area contributed by atoms with Crippen LogP contribution in [0.5, 0.6) is 5.75 Å². The van der Waals surface area contributed by atoms with Crippen LogP contribution in [0.25, 0.3) is 0 Å². The van der Waals surface area contributed by atoms with Gasteiger partial charge in [0.2, 0.25) is 0 Å². The third-order valence-corrected chi connectivity index (χ3v) is 3.55. The van der Waals surface area contributed by atoms with Gasteiger partial charge in [-0.15, -0.1) is 0 Å². The summed E-state index contributed by atoms with van der Waals surface area (Å²) >= 11 is 6.14. The summed E-state index contributed by atoms with van der Waals surface area (Å²) in [6.07, 6.45) is 0. The normalized spacial score (nSPS) is 11.7. The molecule has 20 heavy (non-hydrogen) atoms. The summed E-state index contributed by atoms with van der Waals surface area (Å²) in [6, 6.07) is 7.32. The van der Waals surface area contributed by atoms with E-state index in [0.29, 0.717) is 17.5 Å². The smallest absolute Gasteiger partial charge is 0.133 e. The molecule has 1 aromatic heterocycles. The molecule has 6 heteroatoms. The number of aryl methyl sites for hydroxylation is 2. The summed E-state index contributed by atoms with van der Waals surface area (Å²) < 4.78 is 7.32. The average Bonchev–Trinajstić information content (AvgIpc) is 2.70. The van der Waals surface area contributed by atoms with Crippen LogP contribution >= 0.6 is 11.6 Å². The molecule has 0 radical (unpaired) electrons. The number of hydrogen-bond acceptors (Lipinski definition) is 4. The number of oxime groups is 1. The summed E-state index contributed by atoms with van der Waals surface area (Å²) in [5, 5.41) is 16.7. The largest absolute Gasteiger partial charge is 0.489 e. The van der Waals surface area contributed by atoms with E-state index in [1.165, 1.54) is 0 Å². The van der Waals surface area contributed by atoms with Crippen molar-refractivity contribution in [1.29, 1.82) is 0 Å². The summed E-state index contributed by atoms with van der Waals surface area (Å²) in [7, 11) is 1.80. The van der Waals surface area contributed by atoms with E-state index in [1.54, 1.807) is 18.7 Å². The van der Waals surface area contributed by atoms with Crippen molar-refractivity contribution < 1.29 is 9.94 Å². The summed E-state index contributed by atoms with van der Waals surface area (Å²) in [4.78, 5) is 0. The van der Waals surface area contributed by atoms with Crippen LogP contribution in [0.1, 0.15) is 23.7 Å². The molecule has 0 aliphatic carbocycles. The monoisotopic (exact) mass is 293 g/mol. The highest BCUT2D eigenvalue weighted by atomic mass is 35.5. The molecule has 0 aliphatic heterocycles. The van der Waals surface area contributed by atoms with Gasteiger partial charge in [0.25, 0.3) is 0 Å². The van der Waals surface area contributed by atoms with Crippen molar-refractivity contribution in [2.75, 3.05) is 0 Å². The number of nitrogens with zero attached hydrogens (tertiary/aromatic N) is 3. The lowest BCUT2D eigenvalue weighted by molar-refractivity contribution is 0.305. The van der Waals surface area contributed by atoms with Crippen molar-refractivity contribution in [1.82, 2.24) is 9.78 Å². The first-order valence-electron chi connectivity index (χ1n) is 6.12. The second-order valence-electron chi connectivity index (χ2n) is 4.48. The number of ether oxygens (including phenoxy) is 1. The molecule has 1 N–H and O–H groups in total. The standard InChI is InChI=1S/C14H16ClN3O2/c1-9(17-19)11-4-6-12(7-5-11)20-8-13-10(2)16-18(3)14(13)15/h4-7,19H,8H2,1-3H3/b17-9-. The van der Waals surface area contributed by atoms with Gasteiger partial charge in [-0.3, -0.25) is 4.68 Å². The van der Waals surface area contributed by atoms with E-state index in [1.807, 2.05) is 31.2 Å². The fourth-order valence-electron chi connectivity index (χ4n) is 1.84. The highest BCUT2D eigenvalue weighted by molar-refractivity contribution is 6.30. The Morgan fingerprint density at radius 3 is 2.55 bits per heavy atom. The van der Waals surface area contributed by atoms with Crippen LogP contribution in [-0.2, 0) is 13.7 Å². The molecule has 1 aromatic carbocycles. The van der Waals surface area contributed by atoms with Gasteiger partial charge in [0.15, 0.2) is 0 Å². The van der Waals surface area contributed by atoms with E-state index in [0.717, 1.165) is 22.6 Å². The average molecular weight is 294 g/mol. The zero-order chi connectivity index (χ0) is 14.7. The number of aromatic nitrogens is 2. The minimum absolute atomic E-state index is 0.366. The lowest BCUT2D eigenvalue weighted by Gasteiger charge is -2.07. The molecule has 0 bridgehead atoms. The van der Waals surface area contributed by atoms with Crippen molar-refractivity contribution in [3.8, 4) is 5.75 Å². The van der Waals surface area contributed by atoms with Crippen molar-refractivity contribution >= 4 is 17.3 Å². The molecule has 0 atom stereocenters. The Hall–Kier alpha value is -2.01. The fraction of sp³-hybridized carbons (Fsp3) is 0.286. The van der Waals surface area contributed by atoms with E-state index in [4.69, 9.17) is 21.5 Å². The van der Waals surface area contributed by atoms with Crippen LogP contribution in [0.4, 0.5) is 0 Å². The molecule has 2 rings (SSSR count). The van der Waals surface area contributed by atoms with Crippen LogP contribution in [0.15, 0.2) is 29.4 Å². The van der Waals surface area contributed by atoms with Gasteiger partial charge >= 0.3 is 0 Å². The van der Waals surface area contributed by atoms with Crippen LogP contribution in [0.3, 0.4) is 0 Å². The summed E-state index contributed by atoms with van der Waals surface area (Å²) in [5.41, 5.74) is 3.14. The molecule has 0 aliphatic rings. The molecule has 0 unspecified atom stereocenters.